The Hall–Kier alpha value is -2.71. The first-order valence-corrected chi connectivity index (χ1v) is 11.7. The zero-order valence-corrected chi connectivity index (χ0v) is 19.7. The molecule has 1 atom stereocenters. The van der Waals surface area contributed by atoms with Crippen LogP contribution < -0.4 is 10.1 Å². The molecule has 2 aromatic carbocycles. The van der Waals surface area contributed by atoms with E-state index >= 15 is 0 Å². The smallest absolute Gasteiger partial charge is 0.241 e. The van der Waals surface area contributed by atoms with Crippen molar-refractivity contribution in [2.75, 3.05) is 19.7 Å². The third kappa shape index (κ3) is 5.95. The van der Waals surface area contributed by atoms with Crippen LogP contribution in [0.1, 0.15) is 31.2 Å². The van der Waals surface area contributed by atoms with E-state index < -0.39 is 0 Å². The summed E-state index contributed by atoms with van der Waals surface area (Å²) in [6.07, 6.45) is 1.85. The number of rotatable bonds is 8. The van der Waals surface area contributed by atoms with E-state index in [4.69, 9.17) is 9.26 Å². The molecule has 0 saturated carbocycles. The summed E-state index contributed by atoms with van der Waals surface area (Å²) in [6, 6.07) is 15.6. The topological polar surface area (TPSA) is 80.5 Å². The fraction of sp³-hybridized carbons (Fsp3) is 0.375. The van der Waals surface area contributed by atoms with Crippen molar-refractivity contribution in [1.82, 2.24) is 20.4 Å². The second-order valence-corrected chi connectivity index (χ2v) is 8.81. The van der Waals surface area contributed by atoms with Gasteiger partial charge in [-0.05, 0) is 56.1 Å². The normalized spacial score (nSPS) is 16.6. The molecule has 1 fully saturated rings. The van der Waals surface area contributed by atoms with E-state index in [1.165, 1.54) is 0 Å². The number of ether oxygens (including phenoxy) is 1. The monoisotopic (exact) mass is 498 g/mol. The van der Waals surface area contributed by atoms with Crippen molar-refractivity contribution in [3.63, 3.8) is 0 Å². The zero-order chi connectivity index (χ0) is 22.3. The van der Waals surface area contributed by atoms with E-state index in [0.717, 1.165) is 40.7 Å². The highest BCUT2D eigenvalue weighted by Gasteiger charge is 2.26. The number of carbonyl (C=O) groups is 1. The minimum Gasteiger partial charge on any atom is -0.494 e. The lowest BCUT2D eigenvalue weighted by molar-refractivity contribution is -0.127. The standard InChI is InChI=1S/C24H27BrN4O3/c1-2-31-21-10-3-6-17(12-21)14-26-24(30)19-8-5-11-29(15-19)16-22-27-23(28-32-22)18-7-4-9-20(25)13-18/h3-4,6-7,9-10,12-13,19H,2,5,8,11,14-16H2,1H3,(H,26,30). The van der Waals surface area contributed by atoms with Gasteiger partial charge < -0.3 is 14.6 Å². The van der Waals surface area contributed by atoms with Crippen LogP contribution in [-0.2, 0) is 17.9 Å². The molecule has 3 aromatic rings. The molecule has 0 bridgehead atoms. The molecule has 1 aromatic heterocycles. The van der Waals surface area contributed by atoms with Gasteiger partial charge in [0.05, 0.1) is 19.1 Å². The summed E-state index contributed by atoms with van der Waals surface area (Å²) in [6.45, 7) is 5.21. The van der Waals surface area contributed by atoms with Crippen LogP contribution in [0.3, 0.4) is 0 Å². The van der Waals surface area contributed by atoms with Gasteiger partial charge in [-0.25, -0.2) is 0 Å². The number of piperidine rings is 1. The van der Waals surface area contributed by atoms with E-state index in [0.29, 0.717) is 38.0 Å². The fourth-order valence-electron chi connectivity index (χ4n) is 3.91. The lowest BCUT2D eigenvalue weighted by atomic mass is 9.97. The Bertz CT molecular complexity index is 1050. The van der Waals surface area contributed by atoms with Gasteiger partial charge in [-0.3, -0.25) is 9.69 Å². The van der Waals surface area contributed by atoms with Crippen molar-refractivity contribution in [2.24, 2.45) is 5.92 Å². The molecule has 1 N–H and O–H groups in total. The van der Waals surface area contributed by atoms with Crippen LogP contribution in [0.25, 0.3) is 11.4 Å². The van der Waals surface area contributed by atoms with Crippen LogP contribution in [0.15, 0.2) is 57.5 Å². The highest BCUT2D eigenvalue weighted by molar-refractivity contribution is 9.10. The molecule has 1 amide bonds. The molecule has 2 heterocycles. The first-order valence-electron chi connectivity index (χ1n) is 10.9. The first-order chi connectivity index (χ1) is 15.6. The maximum absolute atomic E-state index is 12.8. The third-order valence-corrected chi connectivity index (χ3v) is 5.96. The van der Waals surface area contributed by atoms with Crippen LogP contribution in [0.5, 0.6) is 5.75 Å². The van der Waals surface area contributed by atoms with Crippen molar-refractivity contribution >= 4 is 21.8 Å². The summed E-state index contributed by atoms with van der Waals surface area (Å²) in [5.74, 6) is 1.99. The fourth-order valence-corrected chi connectivity index (χ4v) is 4.31. The van der Waals surface area contributed by atoms with Crippen LogP contribution in [0, 0.1) is 5.92 Å². The van der Waals surface area contributed by atoms with Crippen LogP contribution >= 0.6 is 15.9 Å². The van der Waals surface area contributed by atoms with Crippen LogP contribution in [-0.4, -0.2) is 40.6 Å². The van der Waals surface area contributed by atoms with Crippen molar-refractivity contribution in [3.8, 4) is 17.1 Å². The highest BCUT2D eigenvalue weighted by atomic mass is 79.9. The lowest BCUT2D eigenvalue weighted by Gasteiger charge is -2.30. The van der Waals surface area contributed by atoms with Gasteiger partial charge in [-0.15, -0.1) is 0 Å². The van der Waals surface area contributed by atoms with Gasteiger partial charge in [0, 0.05) is 23.1 Å². The number of likely N-dealkylation sites (tertiary alicyclic amines) is 1. The SMILES string of the molecule is CCOc1cccc(CNC(=O)C2CCCN(Cc3nc(-c4cccc(Br)c4)no3)C2)c1. The van der Waals surface area contributed by atoms with Crippen LogP contribution in [0.2, 0.25) is 0 Å². The second-order valence-electron chi connectivity index (χ2n) is 7.89. The Kier molecular flexibility index (Phi) is 7.55. The van der Waals surface area contributed by atoms with E-state index in [1.807, 2.05) is 55.5 Å². The van der Waals surface area contributed by atoms with E-state index in [-0.39, 0.29) is 11.8 Å². The van der Waals surface area contributed by atoms with E-state index in [2.05, 4.69) is 36.3 Å². The van der Waals surface area contributed by atoms with E-state index in [9.17, 15) is 4.79 Å². The molecule has 0 radical (unpaired) electrons. The Balaban J connectivity index is 1.30. The number of benzene rings is 2. The molecule has 168 valence electrons. The van der Waals surface area contributed by atoms with Gasteiger partial charge in [-0.1, -0.05) is 45.4 Å². The minimum atomic E-state index is -0.0497. The molecule has 1 unspecified atom stereocenters. The Morgan fingerprint density at radius 1 is 1.28 bits per heavy atom. The molecule has 1 aliphatic heterocycles. The molecule has 1 aliphatic rings. The summed E-state index contributed by atoms with van der Waals surface area (Å²) in [7, 11) is 0. The molecule has 32 heavy (non-hydrogen) atoms. The third-order valence-electron chi connectivity index (χ3n) is 5.46. The number of halogens is 1. The number of nitrogens with one attached hydrogen (secondary N) is 1. The number of hydrogen-bond donors (Lipinski definition) is 1. The number of amides is 1. The summed E-state index contributed by atoms with van der Waals surface area (Å²) in [4.78, 5) is 19.5. The average Bonchev–Trinajstić information content (AvgIpc) is 3.27. The molecular weight excluding hydrogens is 472 g/mol. The van der Waals surface area contributed by atoms with Crippen molar-refractivity contribution in [2.45, 2.75) is 32.9 Å². The minimum absolute atomic E-state index is 0.0497. The number of hydrogen-bond acceptors (Lipinski definition) is 6. The van der Waals surface area contributed by atoms with Gasteiger partial charge >= 0.3 is 0 Å². The average molecular weight is 499 g/mol. The quantitative estimate of drug-likeness (QED) is 0.494. The maximum atomic E-state index is 12.8. The lowest BCUT2D eigenvalue weighted by Crippen LogP contribution is -2.42. The second kappa shape index (κ2) is 10.7. The van der Waals surface area contributed by atoms with Crippen molar-refractivity contribution < 1.29 is 14.1 Å². The first kappa shape index (κ1) is 22.5. The molecule has 0 aliphatic carbocycles. The summed E-state index contributed by atoms with van der Waals surface area (Å²) < 4.78 is 12.0. The Morgan fingerprint density at radius 3 is 3.00 bits per heavy atom. The number of carbonyl (C=O) groups excluding carboxylic acids is 1. The predicted octanol–water partition coefficient (Wildman–Crippen LogP) is 4.43. The van der Waals surface area contributed by atoms with Gasteiger partial charge in [0.1, 0.15) is 5.75 Å². The molecule has 1 saturated heterocycles. The highest BCUT2D eigenvalue weighted by Crippen LogP contribution is 2.22. The zero-order valence-electron chi connectivity index (χ0n) is 18.1. The summed E-state index contributed by atoms with van der Waals surface area (Å²) >= 11 is 3.47. The van der Waals surface area contributed by atoms with Gasteiger partial charge in [0.25, 0.3) is 0 Å². The number of aromatic nitrogens is 2. The Labute approximate surface area is 196 Å². The largest absolute Gasteiger partial charge is 0.494 e. The van der Waals surface area contributed by atoms with Crippen molar-refractivity contribution in [3.05, 3.63) is 64.5 Å². The van der Waals surface area contributed by atoms with Gasteiger partial charge in [0.2, 0.25) is 17.6 Å². The van der Waals surface area contributed by atoms with Gasteiger partial charge in [0.15, 0.2) is 0 Å². The molecule has 8 heteroatoms. The number of nitrogens with zero attached hydrogens (tertiary/aromatic N) is 3. The van der Waals surface area contributed by atoms with Crippen molar-refractivity contribution in [1.29, 1.82) is 0 Å². The summed E-state index contributed by atoms with van der Waals surface area (Å²) in [5, 5.41) is 7.18. The summed E-state index contributed by atoms with van der Waals surface area (Å²) in [5.41, 5.74) is 1.93. The van der Waals surface area contributed by atoms with Gasteiger partial charge in [-0.2, -0.15) is 4.98 Å². The molecule has 4 rings (SSSR count). The molecule has 7 nitrogen and oxygen atoms in total. The molecule has 0 spiro atoms. The van der Waals surface area contributed by atoms with Crippen LogP contribution in [0.4, 0.5) is 0 Å². The van der Waals surface area contributed by atoms with E-state index in [1.54, 1.807) is 0 Å². The Morgan fingerprint density at radius 2 is 2.16 bits per heavy atom. The predicted molar refractivity (Wildman–Crippen MR) is 125 cm³/mol. The maximum Gasteiger partial charge on any atom is 0.241 e. The molecular formula is C24H27BrN4O3.